The number of aromatic nitrogens is 2. The van der Waals surface area contributed by atoms with Gasteiger partial charge in [-0.1, -0.05) is 24.3 Å². The van der Waals surface area contributed by atoms with Gasteiger partial charge in [0.25, 0.3) is 0 Å². The summed E-state index contributed by atoms with van der Waals surface area (Å²) in [5, 5.41) is 14.5. The van der Waals surface area contributed by atoms with E-state index in [0.29, 0.717) is 11.4 Å². The molecule has 9 heteroatoms. The molecular formula is C17H16N6O3. The minimum atomic E-state index is -0.544. The molecule has 0 bridgehead atoms. The quantitative estimate of drug-likeness (QED) is 0.437. The molecule has 0 atom stereocenters. The largest absolute Gasteiger partial charge is 0.497 e. The van der Waals surface area contributed by atoms with Crippen LogP contribution in [0.5, 0.6) is 5.75 Å². The van der Waals surface area contributed by atoms with E-state index in [1.165, 1.54) is 6.33 Å². The molecule has 132 valence electrons. The molecule has 0 aliphatic rings. The number of hydrazine groups is 1. The molecule has 0 unspecified atom stereocenters. The van der Waals surface area contributed by atoms with Gasteiger partial charge >= 0.3 is 5.69 Å². The Morgan fingerprint density at radius 3 is 2.42 bits per heavy atom. The fourth-order valence-corrected chi connectivity index (χ4v) is 2.23. The summed E-state index contributed by atoms with van der Waals surface area (Å²) < 4.78 is 5.15. The monoisotopic (exact) mass is 352 g/mol. The number of ether oxygens (including phenoxy) is 1. The zero-order valence-corrected chi connectivity index (χ0v) is 13.8. The Hall–Kier alpha value is -3.88. The highest BCUT2D eigenvalue weighted by atomic mass is 16.6. The Morgan fingerprint density at radius 1 is 0.962 bits per heavy atom. The fraction of sp³-hybridized carbons (Fsp3) is 0.0588. The van der Waals surface area contributed by atoms with Gasteiger partial charge in [-0.25, -0.2) is 9.97 Å². The Kier molecular flexibility index (Phi) is 5.08. The lowest BCUT2D eigenvalue weighted by molar-refractivity contribution is -0.383. The highest BCUT2D eigenvalue weighted by molar-refractivity contribution is 5.74. The van der Waals surface area contributed by atoms with Crippen molar-refractivity contribution in [2.75, 3.05) is 23.3 Å². The highest BCUT2D eigenvalue weighted by Gasteiger charge is 2.23. The van der Waals surface area contributed by atoms with E-state index in [4.69, 9.17) is 4.74 Å². The van der Waals surface area contributed by atoms with Crippen molar-refractivity contribution in [2.45, 2.75) is 0 Å². The van der Waals surface area contributed by atoms with Crippen molar-refractivity contribution in [1.29, 1.82) is 0 Å². The van der Waals surface area contributed by atoms with Crippen molar-refractivity contribution in [2.24, 2.45) is 0 Å². The molecule has 9 nitrogen and oxygen atoms in total. The maximum absolute atomic E-state index is 11.6. The van der Waals surface area contributed by atoms with Gasteiger partial charge in [-0.3, -0.25) is 21.0 Å². The number of para-hydroxylation sites is 1. The van der Waals surface area contributed by atoms with Gasteiger partial charge in [0.1, 0.15) is 12.1 Å². The van der Waals surface area contributed by atoms with E-state index in [2.05, 4.69) is 26.1 Å². The maximum atomic E-state index is 11.6. The molecule has 0 spiro atoms. The number of methoxy groups -OCH3 is 1. The van der Waals surface area contributed by atoms with Gasteiger partial charge in [0.15, 0.2) is 0 Å². The van der Waals surface area contributed by atoms with Crippen LogP contribution in [-0.2, 0) is 0 Å². The van der Waals surface area contributed by atoms with Gasteiger partial charge in [-0.15, -0.1) is 0 Å². The molecule has 0 saturated heterocycles. The molecular weight excluding hydrogens is 336 g/mol. The van der Waals surface area contributed by atoms with Crippen LogP contribution in [0.2, 0.25) is 0 Å². The Bertz CT molecular complexity index is 904. The normalized spacial score (nSPS) is 10.0. The van der Waals surface area contributed by atoms with E-state index in [1.807, 2.05) is 30.3 Å². The van der Waals surface area contributed by atoms with E-state index in [9.17, 15) is 10.1 Å². The summed E-state index contributed by atoms with van der Waals surface area (Å²) in [6, 6.07) is 16.2. The van der Waals surface area contributed by atoms with Crippen LogP contribution in [0.1, 0.15) is 0 Å². The van der Waals surface area contributed by atoms with Crippen LogP contribution >= 0.6 is 0 Å². The number of hydrogen-bond acceptors (Lipinski definition) is 8. The summed E-state index contributed by atoms with van der Waals surface area (Å²) in [6.07, 6.45) is 1.24. The van der Waals surface area contributed by atoms with Gasteiger partial charge in [-0.2, -0.15) is 0 Å². The maximum Gasteiger partial charge on any atom is 0.355 e. The van der Waals surface area contributed by atoms with Crippen molar-refractivity contribution in [3.8, 4) is 5.75 Å². The van der Waals surface area contributed by atoms with E-state index in [-0.39, 0.29) is 17.3 Å². The molecule has 0 radical (unpaired) electrons. The minimum Gasteiger partial charge on any atom is -0.497 e. The number of nitrogens with zero attached hydrogens (tertiary/aromatic N) is 3. The third-order valence-electron chi connectivity index (χ3n) is 3.44. The third-order valence-corrected chi connectivity index (χ3v) is 3.44. The molecule has 0 saturated carbocycles. The third kappa shape index (κ3) is 3.96. The molecule has 3 aromatic rings. The van der Waals surface area contributed by atoms with Crippen LogP contribution in [0.4, 0.5) is 28.7 Å². The fourth-order valence-electron chi connectivity index (χ4n) is 2.23. The van der Waals surface area contributed by atoms with Crippen molar-refractivity contribution < 1.29 is 9.66 Å². The van der Waals surface area contributed by atoms with Crippen LogP contribution in [0, 0.1) is 10.1 Å². The molecule has 0 aliphatic carbocycles. The first-order valence-electron chi connectivity index (χ1n) is 7.65. The Labute approximate surface area is 149 Å². The standard InChI is InChI=1S/C17H16N6O3/c1-26-14-9-5-8-13(10-14)20-16-15(23(24)25)17(19-11-18-16)22-21-12-6-3-2-4-7-12/h2-11,21H,1H3,(H2,18,19,20,22). The average Bonchev–Trinajstić information content (AvgIpc) is 2.67. The van der Waals surface area contributed by atoms with E-state index >= 15 is 0 Å². The number of nitrogens with one attached hydrogen (secondary N) is 3. The van der Waals surface area contributed by atoms with Gasteiger partial charge in [0, 0.05) is 11.8 Å². The van der Waals surface area contributed by atoms with E-state index in [1.54, 1.807) is 31.4 Å². The second-order valence-electron chi connectivity index (χ2n) is 5.15. The Balaban J connectivity index is 1.87. The van der Waals surface area contributed by atoms with Crippen LogP contribution in [-0.4, -0.2) is 22.0 Å². The van der Waals surface area contributed by atoms with Crippen LogP contribution in [0.15, 0.2) is 60.9 Å². The molecule has 0 aliphatic heterocycles. The lowest BCUT2D eigenvalue weighted by Crippen LogP contribution is -2.13. The molecule has 2 aromatic carbocycles. The van der Waals surface area contributed by atoms with Gasteiger partial charge < -0.3 is 10.1 Å². The predicted molar refractivity (Wildman–Crippen MR) is 98.7 cm³/mol. The van der Waals surface area contributed by atoms with Crippen LogP contribution in [0.3, 0.4) is 0 Å². The van der Waals surface area contributed by atoms with Gasteiger partial charge in [-0.05, 0) is 24.3 Å². The molecule has 1 heterocycles. The number of rotatable bonds is 7. The smallest absolute Gasteiger partial charge is 0.355 e. The Morgan fingerprint density at radius 2 is 1.69 bits per heavy atom. The zero-order valence-electron chi connectivity index (χ0n) is 13.8. The summed E-state index contributed by atoms with van der Waals surface area (Å²) in [6.45, 7) is 0. The molecule has 0 amide bonds. The number of anilines is 4. The van der Waals surface area contributed by atoms with Gasteiger partial charge in [0.2, 0.25) is 11.6 Å². The lowest BCUT2D eigenvalue weighted by atomic mass is 10.3. The second kappa shape index (κ2) is 7.79. The van der Waals surface area contributed by atoms with E-state index < -0.39 is 4.92 Å². The number of nitro groups is 1. The predicted octanol–water partition coefficient (Wildman–Crippen LogP) is 3.58. The topological polar surface area (TPSA) is 114 Å². The summed E-state index contributed by atoms with van der Waals surface area (Å²) >= 11 is 0. The summed E-state index contributed by atoms with van der Waals surface area (Å²) in [5.74, 6) is 0.727. The van der Waals surface area contributed by atoms with Crippen molar-refractivity contribution in [1.82, 2.24) is 9.97 Å². The highest BCUT2D eigenvalue weighted by Crippen LogP contribution is 2.31. The molecule has 3 rings (SSSR count). The van der Waals surface area contributed by atoms with Crippen molar-refractivity contribution in [3.63, 3.8) is 0 Å². The minimum absolute atomic E-state index is 0.0410. The van der Waals surface area contributed by atoms with Gasteiger partial charge in [0.05, 0.1) is 17.7 Å². The lowest BCUT2D eigenvalue weighted by Gasteiger charge is -2.12. The first-order chi connectivity index (χ1) is 12.7. The first kappa shape index (κ1) is 17.0. The van der Waals surface area contributed by atoms with Crippen LogP contribution in [0.25, 0.3) is 0 Å². The van der Waals surface area contributed by atoms with E-state index in [0.717, 1.165) is 5.69 Å². The van der Waals surface area contributed by atoms with Crippen molar-refractivity contribution >= 4 is 28.7 Å². The summed E-state index contributed by atoms with van der Waals surface area (Å²) in [5.41, 5.74) is 6.69. The van der Waals surface area contributed by atoms with Crippen molar-refractivity contribution in [3.05, 3.63) is 71.0 Å². The number of hydrogen-bond donors (Lipinski definition) is 3. The number of benzene rings is 2. The average molecular weight is 352 g/mol. The molecule has 1 aromatic heterocycles. The van der Waals surface area contributed by atoms with Crippen LogP contribution < -0.4 is 20.9 Å². The SMILES string of the molecule is COc1cccc(Nc2ncnc(NNc3ccccc3)c2[N+](=O)[O-])c1. The molecule has 26 heavy (non-hydrogen) atoms. The summed E-state index contributed by atoms with van der Waals surface area (Å²) in [7, 11) is 1.55. The molecule has 3 N–H and O–H groups in total. The molecule has 0 fully saturated rings. The first-order valence-corrected chi connectivity index (χ1v) is 7.65. The second-order valence-corrected chi connectivity index (χ2v) is 5.15. The summed E-state index contributed by atoms with van der Waals surface area (Å²) in [4.78, 5) is 19.0. The zero-order chi connectivity index (χ0) is 18.4.